The number of rotatable bonds is 6. The van der Waals surface area contributed by atoms with E-state index >= 15 is 0 Å². The van der Waals surface area contributed by atoms with Crippen LogP contribution in [-0.2, 0) is 4.74 Å². The van der Waals surface area contributed by atoms with Crippen molar-refractivity contribution >= 4 is 5.91 Å². The van der Waals surface area contributed by atoms with Gasteiger partial charge in [-0.25, -0.2) is 9.37 Å². The predicted octanol–water partition coefficient (Wildman–Crippen LogP) is 3.91. The summed E-state index contributed by atoms with van der Waals surface area (Å²) in [5.74, 6) is 0.282. The van der Waals surface area contributed by atoms with Crippen LogP contribution in [0.15, 0.2) is 59.1 Å². The van der Waals surface area contributed by atoms with Crippen LogP contribution in [0, 0.1) is 5.82 Å². The topological polar surface area (TPSA) is 64.4 Å². The fourth-order valence-corrected chi connectivity index (χ4v) is 2.61. The molecule has 5 nitrogen and oxygen atoms in total. The van der Waals surface area contributed by atoms with Crippen LogP contribution in [0.25, 0.3) is 22.8 Å². The average molecular weight is 354 g/mol. The highest BCUT2D eigenvalue weighted by Gasteiger charge is 2.18. The lowest BCUT2D eigenvalue weighted by atomic mass is 10.1. The van der Waals surface area contributed by atoms with Gasteiger partial charge in [0.15, 0.2) is 5.76 Å². The quantitative estimate of drug-likeness (QED) is 0.729. The van der Waals surface area contributed by atoms with Gasteiger partial charge in [0.25, 0.3) is 5.91 Å². The Labute approximate surface area is 150 Å². The first-order chi connectivity index (χ1) is 12.6. The molecule has 3 aromatic rings. The number of amides is 1. The van der Waals surface area contributed by atoms with E-state index in [1.54, 1.807) is 43.6 Å². The second-order valence-electron chi connectivity index (χ2n) is 5.91. The van der Waals surface area contributed by atoms with Crippen LogP contribution in [0.2, 0.25) is 0 Å². The Morgan fingerprint density at radius 2 is 1.96 bits per heavy atom. The molecule has 0 spiro atoms. The first kappa shape index (κ1) is 17.8. The highest BCUT2D eigenvalue weighted by atomic mass is 19.1. The molecule has 0 saturated carbocycles. The molecule has 0 bridgehead atoms. The van der Waals surface area contributed by atoms with Crippen LogP contribution in [0.4, 0.5) is 4.39 Å². The van der Waals surface area contributed by atoms with Gasteiger partial charge >= 0.3 is 0 Å². The number of benzene rings is 2. The van der Waals surface area contributed by atoms with Crippen molar-refractivity contribution in [2.75, 3.05) is 13.7 Å². The molecule has 1 N–H and O–H groups in total. The van der Waals surface area contributed by atoms with E-state index in [1.807, 2.05) is 13.0 Å². The summed E-state index contributed by atoms with van der Waals surface area (Å²) in [6.45, 7) is 2.28. The summed E-state index contributed by atoms with van der Waals surface area (Å²) in [5, 5.41) is 2.88. The Morgan fingerprint density at radius 3 is 2.69 bits per heavy atom. The van der Waals surface area contributed by atoms with Crippen LogP contribution < -0.4 is 5.32 Å². The summed E-state index contributed by atoms with van der Waals surface area (Å²) in [6.07, 6.45) is 1.56. The van der Waals surface area contributed by atoms with Crippen LogP contribution in [-0.4, -0.2) is 30.6 Å². The largest absolute Gasteiger partial charge is 0.436 e. The number of nitrogens with zero attached hydrogens (tertiary/aromatic N) is 1. The van der Waals surface area contributed by atoms with Crippen molar-refractivity contribution in [3.63, 3.8) is 0 Å². The minimum absolute atomic E-state index is 0.125. The van der Waals surface area contributed by atoms with Gasteiger partial charge in [-0.3, -0.25) is 4.79 Å². The molecule has 26 heavy (non-hydrogen) atoms. The summed E-state index contributed by atoms with van der Waals surface area (Å²) in [7, 11) is 1.58. The first-order valence-corrected chi connectivity index (χ1v) is 8.19. The minimum atomic E-state index is -0.319. The molecule has 1 atom stereocenters. The fourth-order valence-electron chi connectivity index (χ4n) is 2.61. The minimum Gasteiger partial charge on any atom is -0.436 e. The molecular formula is C20H19FN2O3. The number of methoxy groups -OCH3 is 1. The number of hydrogen-bond donors (Lipinski definition) is 1. The van der Waals surface area contributed by atoms with Gasteiger partial charge in [0.1, 0.15) is 5.82 Å². The number of carbonyl (C=O) groups excluding carboxylic acids is 1. The van der Waals surface area contributed by atoms with E-state index in [-0.39, 0.29) is 17.8 Å². The van der Waals surface area contributed by atoms with Crippen molar-refractivity contribution in [3.8, 4) is 22.8 Å². The zero-order valence-electron chi connectivity index (χ0n) is 14.5. The Morgan fingerprint density at radius 1 is 1.23 bits per heavy atom. The van der Waals surface area contributed by atoms with Gasteiger partial charge in [0.05, 0.1) is 18.4 Å². The number of hydrogen-bond acceptors (Lipinski definition) is 4. The summed E-state index contributed by atoms with van der Waals surface area (Å²) < 4.78 is 23.9. The maximum Gasteiger partial charge on any atom is 0.252 e. The van der Waals surface area contributed by atoms with Gasteiger partial charge in [0.2, 0.25) is 5.89 Å². The molecular weight excluding hydrogens is 335 g/mol. The Kier molecular flexibility index (Phi) is 5.43. The monoisotopic (exact) mass is 354 g/mol. The van der Waals surface area contributed by atoms with E-state index in [0.29, 0.717) is 34.9 Å². The molecule has 0 aliphatic heterocycles. The summed E-state index contributed by atoms with van der Waals surface area (Å²) in [4.78, 5) is 16.8. The predicted molar refractivity (Wildman–Crippen MR) is 96.1 cm³/mol. The molecule has 1 amide bonds. The molecule has 3 rings (SSSR count). The maximum absolute atomic E-state index is 13.1. The number of carbonyl (C=O) groups is 1. The average Bonchev–Trinajstić information content (AvgIpc) is 3.12. The highest BCUT2D eigenvalue weighted by Crippen LogP contribution is 2.28. The normalized spacial score (nSPS) is 12.0. The van der Waals surface area contributed by atoms with E-state index in [1.165, 1.54) is 12.1 Å². The smallest absolute Gasteiger partial charge is 0.252 e. The third-order valence-electron chi connectivity index (χ3n) is 3.83. The van der Waals surface area contributed by atoms with E-state index in [0.717, 1.165) is 0 Å². The van der Waals surface area contributed by atoms with Crippen LogP contribution in [0.3, 0.4) is 0 Å². The molecule has 2 aromatic carbocycles. The molecule has 0 aliphatic rings. The van der Waals surface area contributed by atoms with Crippen molar-refractivity contribution in [2.45, 2.75) is 13.0 Å². The number of oxazole rings is 1. The SMILES string of the molecule is COCC(C)NC(=O)c1ccccc1-c1ncc(-c2ccc(F)cc2)o1. The first-order valence-electron chi connectivity index (χ1n) is 8.19. The molecule has 1 heterocycles. The summed E-state index contributed by atoms with van der Waals surface area (Å²) in [5.41, 5.74) is 1.76. The molecule has 134 valence electrons. The summed E-state index contributed by atoms with van der Waals surface area (Å²) in [6, 6.07) is 12.9. The van der Waals surface area contributed by atoms with Crippen molar-refractivity contribution < 1.29 is 18.3 Å². The zero-order valence-corrected chi connectivity index (χ0v) is 14.5. The van der Waals surface area contributed by atoms with Gasteiger partial charge in [0, 0.05) is 24.3 Å². The lowest BCUT2D eigenvalue weighted by Crippen LogP contribution is -2.35. The Balaban J connectivity index is 1.88. The highest BCUT2D eigenvalue weighted by molar-refractivity contribution is 6.00. The van der Waals surface area contributed by atoms with Crippen molar-refractivity contribution in [2.24, 2.45) is 0 Å². The third-order valence-corrected chi connectivity index (χ3v) is 3.83. The van der Waals surface area contributed by atoms with Gasteiger partial charge in [-0.05, 0) is 43.3 Å². The number of nitrogens with one attached hydrogen (secondary N) is 1. The summed E-state index contributed by atoms with van der Waals surface area (Å²) >= 11 is 0. The zero-order chi connectivity index (χ0) is 18.5. The molecule has 0 fully saturated rings. The second kappa shape index (κ2) is 7.93. The van der Waals surface area contributed by atoms with Crippen molar-refractivity contribution in [1.29, 1.82) is 0 Å². The molecule has 0 saturated heterocycles. The Hall–Kier alpha value is -2.99. The van der Waals surface area contributed by atoms with Gasteiger partial charge < -0.3 is 14.5 Å². The van der Waals surface area contributed by atoms with Gasteiger partial charge in [-0.2, -0.15) is 0 Å². The van der Waals surface area contributed by atoms with E-state index in [9.17, 15) is 9.18 Å². The molecule has 0 aliphatic carbocycles. The Bertz CT molecular complexity index is 890. The number of aromatic nitrogens is 1. The number of halogens is 1. The van der Waals surface area contributed by atoms with Crippen molar-refractivity contribution in [3.05, 3.63) is 66.1 Å². The van der Waals surface area contributed by atoms with Crippen LogP contribution >= 0.6 is 0 Å². The van der Waals surface area contributed by atoms with Gasteiger partial charge in [-0.1, -0.05) is 12.1 Å². The second-order valence-corrected chi connectivity index (χ2v) is 5.91. The molecule has 1 unspecified atom stereocenters. The van der Waals surface area contributed by atoms with E-state index in [2.05, 4.69) is 10.3 Å². The van der Waals surface area contributed by atoms with Gasteiger partial charge in [-0.15, -0.1) is 0 Å². The van der Waals surface area contributed by atoms with E-state index in [4.69, 9.17) is 9.15 Å². The maximum atomic E-state index is 13.1. The van der Waals surface area contributed by atoms with Crippen molar-refractivity contribution in [1.82, 2.24) is 10.3 Å². The molecule has 6 heteroatoms. The van der Waals surface area contributed by atoms with E-state index < -0.39 is 0 Å². The number of ether oxygens (including phenoxy) is 1. The third kappa shape index (κ3) is 3.97. The molecule has 0 radical (unpaired) electrons. The lowest BCUT2D eigenvalue weighted by Gasteiger charge is -2.14. The lowest BCUT2D eigenvalue weighted by molar-refractivity contribution is 0.0906. The fraction of sp³-hybridized carbons (Fsp3) is 0.200. The standard InChI is InChI=1S/C20H19FN2O3/c1-13(12-25-2)23-19(24)16-5-3-4-6-17(16)20-22-11-18(26-20)14-7-9-15(21)10-8-14/h3-11,13H,12H2,1-2H3,(H,23,24). The van der Waals surface area contributed by atoms with Crippen LogP contribution in [0.5, 0.6) is 0 Å². The van der Waals surface area contributed by atoms with Crippen LogP contribution in [0.1, 0.15) is 17.3 Å². The molecule has 1 aromatic heterocycles.